The van der Waals surface area contributed by atoms with Crippen molar-refractivity contribution in [2.75, 3.05) is 25.6 Å². The number of rotatable bonds is 17. The Bertz CT molecular complexity index is 653. The summed E-state index contributed by atoms with van der Waals surface area (Å²) >= 11 is 1.24. The summed E-state index contributed by atoms with van der Waals surface area (Å²) in [6.45, 7) is 1.28. The van der Waals surface area contributed by atoms with Crippen LogP contribution >= 0.6 is 11.8 Å². The first kappa shape index (κ1) is 31.0. The Balaban J connectivity index is 5.05. The molecule has 0 aromatic heterocycles. The molecule has 0 aliphatic carbocycles. The highest BCUT2D eigenvalue weighted by Crippen LogP contribution is 2.15. The van der Waals surface area contributed by atoms with Gasteiger partial charge in [0.25, 0.3) is 0 Å². The summed E-state index contributed by atoms with van der Waals surface area (Å²) in [6, 6.07) is -1.09. The molecular formula is C19H35N3O10S. The molecular weight excluding hydrogens is 462 g/mol. The molecule has 2 amide bonds. The van der Waals surface area contributed by atoms with Crippen LogP contribution in [-0.2, 0) is 19.2 Å². The quantitative estimate of drug-likeness (QED) is 0.0977. The van der Waals surface area contributed by atoms with E-state index < -0.39 is 66.7 Å². The lowest BCUT2D eigenvalue weighted by Gasteiger charge is -2.25. The number of hydrogen-bond donors (Lipinski definition) is 9. The van der Waals surface area contributed by atoms with Gasteiger partial charge >= 0.3 is 11.9 Å². The SMILES string of the molecule is CN[C@@H](C)CC[C@H](CC(=O)NC[C@H](O)[C@@H](O)[C@H](O)[C@H](O)C(=O)O)C(=O)N[C@@H](CSC)C(=O)O. The van der Waals surface area contributed by atoms with Gasteiger partial charge in [-0.1, -0.05) is 0 Å². The number of hydrogen-bond acceptors (Lipinski definition) is 10. The fourth-order valence-corrected chi connectivity index (χ4v) is 3.31. The first-order valence-electron chi connectivity index (χ1n) is 10.3. The number of thioether (sulfide) groups is 1. The van der Waals surface area contributed by atoms with Crippen LogP contribution in [0.4, 0.5) is 0 Å². The summed E-state index contributed by atoms with van der Waals surface area (Å²) in [5.41, 5.74) is 0. The largest absolute Gasteiger partial charge is 0.480 e. The van der Waals surface area contributed by atoms with Crippen LogP contribution in [0.5, 0.6) is 0 Å². The Morgan fingerprint density at radius 3 is 2.03 bits per heavy atom. The zero-order valence-corrected chi connectivity index (χ0v) is 19.6. The molecule has 7 atom stereocenters. The molecule has 0 rings (SSSR count). The van der Waals surface area contributed by atoms with Crippen molar-refractivity contribution in [2.45, 2.75) is 62.7 Å². The van der Waals surface area contributed by atoms with Crippen molar-refractivity contribution in [1.82, 2.24) is 16.0 Å². The van der Waals surface area contributed by atoms with Gasteiger partial charge in [-0.05, 0) is 33.1 Å². The molecule has 0 bridgehead atoms. The van der Waals surface area contributed by atoms with Gasteiger partial charge in [0, 0.05) is 30.7 Å². The number of aliphatic carboxylic acids is 2. The molecule has 0 radical (unpaired) electrons. The predicted molar refractivity (Wildman–Crippen MR) is 118 cm³/mol. The summed E-state index contributed by atoms with van der Waals surface area (Å²) < 4.78 is 0. The lowest BCUT2D eigenvalue weighted by molar-refractivity contribution is -0.162. The highest BCUT2D eigenvalue weighted by molar-refractivity contribution is 7.98. The summed E-state index contributed by atoms with van der Waals surface area (Å²) in [5, 5.41) is 64.0. The number of aliphatic hydroxyl groups excluding tert-OH is 4. The highest BCUT2D eigenvalue weighted by atomic mass is 32.2. The van der Waals surface area contributed by atoms with Crippen LogP contribution in [0.15, 0.2) is 0 Å². The van der Waals surface area contributed by atoms with E-state index in [9.17, 15) is 44.7 Å². The van der Waals surface area contributed by atoms with E-state index in [1.807, 2.05) is 6.92 Å². The van der Waals surface area contributed by atoms with Crippen molar-refractivity contribution in [3.8, 4) is 0 Å². The van der Waals surface area contributed by atoms with Gasteiger partial charge < -0.3 is 46.6 Å². The maximum Gasteiger partial charge on any atom is 0.335 e. The molecule has 192 valence electrons. The van der Waals surface area contributed by atoms with E-state index >= 15 is 0 Å². The fourth-order valence-electron chi connectivity index (χ4n) is 2.75. The molecule has 14 heteroatoms. The molecule has 0 unspecified atom stereocenters. The van der Waals surface area contributed by atoms with Crippen LogP contribution < -0.4 is 16.0 Å². The van der Waals surface area contributed by atoms with Crippen molar-refractivity contribution in [1.29, 1.82) is 0 Å². The standard InChI is InChI=1S/C19H35N3O10S/c1-9(20-2)4-5-10(17(28)22-11(8-33-3)18(29)30)6-13(24)21-7-12(23)14(25)15(26)16(27)19(31)32/h9-12,14-16,20,23,25-27H,4-8H2,1-3H3,(H,21,24)(H,22,28)(H,29,30)(H,31,32)/t9-,10+,11-,12-,14+,15-,16-/m0/s1. The average Bonchev–Trinajstić information content (AvgIpc) is 2.77. The third kappa shape index (κ3) is 11.6. The molecule has 0 aliphatic heterocycles. The van der Waals surface area contributed by atoms with Gasteiger partial charge in [-0.2, -0.15) is 11.8 Å². The molecule has 13 nitrogen and oxygen atoms in total. The Hall–Kier alpha value is -1.97. The van der Waals surface area contributed by atoms with Crippen LogP contribution in [0.3, 0.4) is 0 Å². The third-order valence-electron chi connectivity index (χ3n) is 5.02. The van der Waals surface area contributed by atoms with Crippen LogP contribution in [0.2, 0.25) is 0 Å². The summed E-state index contributed by atoms with van der Waals surface area (Å²) in [4.78, 5) is 47.0. The summed E-state index contributed by atoms with van der Waals surface area (Å²) in [6.07, 6.45) is -6.26. The van der Waals surface area contributed by atoms with Crippen molar-refractivity contribution in [3.63, 3.8) is 0 Å². The van der Waals surface area contributed by atoms with Crippen molar-refractivity contribution in [3.05, 3.63) is 0 Å². The monoisotopic (exact) mass is 497 g/mol. The normalized spacial score (nSPS) is 17.7. The smallest absolute Gasteiger partial charge is 0.335 e. The number of aliphatic hydroxyl groups is 4. The number of carboxylic acid groups (broad SMARTS) is 2. The van der Waals surface area contributed by atoms with Gasteiger partial charge in [0.05, 0.1) is 6.10 Å². The first-order chi connectivity index (χ1) is 15.3. The number of carboxylic acids is 2. The molecule has 0 aliphatic rings. The van der Waals surface area contributed by atoms with Crippen molar-refractivity contribution < 1.29 is 49.8 Å². The second-order valence-electron chi connectivity index (χ2n) is 7.66. The lowest BCUT2D eigenvalue weighted by atomic mass is 9.95. The summed E-state index contributed by atoms with van der Waals surface area (Å²) in [7, 11) is 1.73. The van der Waals surface area contributed by atoms with E-state index in [0.717, 1.165) is 0 Å². The number of nitrogens with one attached hydrogen (secondary N) is 3. The average molecular weight is 498 g/mol. The van der Waals surface area contributed by atoms with Gasteiger partial charge in [-0.3, -0.25) is 9.59 Å². The first-order valence-corrected chi connectivity index (χ1v) is 11.7. The Labute approximate surface area is 195 Å². The van der Waals surface area contributed by atoms with E-state index in [1.165, 1.54) is 11.8 Å². The lowest BCUT2D eigenvalue weighted by Crippen LogP contribution is -2.51. The van der Waals surface area contributed by atoms with Crippen LogP contribution in [0.25, 0.3) is 0 Å². The van der Waals surface area contributed by atoms with Crippen LogP contribution in [-0.4, -0.2) is 116 Å². The molecule has 0 saturated heterocycles. The Morgan fingerprint density at radius 2 is 1.55 bits per heavy atom. The molecule has 0 heterocycles. The Kier molecular flexibility index (Phi) is 14.9. The third-order valence-corrected chi connectivity index (χ3v) is 5.69. The molecule has 0 saturated carbocycles. The highest BCUT2D eigenvalue weighted by Gasteiger charge is 2.34. The van der Waals surface area contributed by atoms with E-state index in [-0.39, 0.29) is 24.6 Å². The van der Waals surface area contributed by atoms with Crippen molar-refractivity contribution in [2.24, 2.45) is 5.92 Å². The number of carbonyl (C=O) groups excluding carboxylic acids is 2. The second-order valence-corrected chi connectivity index (χ2v) is 8.57. The molecule has 0 spiro atoms. The van der Waals surface area contributed by atoms with Gasteiger partial charge in [0.2, 0.25) is 11.8 Å². The minimum atomic E-state index is -2.34. The number of amides is 2. The maximum atomic E-state index is 12.7. The maximum absolute atomic E-state index is 12.7. The minimum absolute atomic E-state index is 0.0314. The van der Waals surface area contributed by atoms with E-state index in [0.29, 0.717) is 6.42 Å². The molecule has 0 fully saturated rings. The molecule has 0 aromatic carbocycles. The zero-order valence-electron chi connectivity index (χ0n) is 18.8. The summed E-state index contributed by atoms with van der Waals surface area (Å²) in [5.74, 6) is -5.04. The zero-order chi connectivity index (χ0) is 25.7. The van der Waals surface area contributed by atoms with Crippen LogP contribution in [0.1, 0.15) is 26.2 Å². The van der Waals surface area contributed by atoms with E-state index in [4.69, 9.17) is 5.11 Å². The van der Waals surface area contributed by atoms with E-state index in [1.54, 1.807) is 13.3 Å². The van der Waals surface area contributed by atoms with Gasteiger partial charge in [0.1, 0.15) is 18.2 Å². The van der Waals surface area contributed by atoms with E-state index in [2.05, 4.69) is 16.0 Å². The van der Waals surface area contributed by atoms with Gasteiger partial charge in [-0.25, -0.2) is 9.59 Å². The molecule has 9 N–H and O–H groups in total. The van der Waals surface area contributed by atoms with Gasteiger partial charge in [-0.15, -0.1) is 0 Å². The minimum Gasteiger partial charge on any atom is -0.480 e. The molecule has 0 aromatic rings. The Morgan fingerprint density at radius 1 is 0.939 bits per heavy atom. The topological polar surface area (TPSA) is 226 Å². The van der Waals surface area contributed by atoms with Crippen molar-refractivity contribution >= 4 is 35.5 Å². The number of carbonyl (C=O) groups is 4. The van der Waals surface area contributed by atoms with Crippen LogP contribution in [0, 0.1) is 5.92 Å². The van der Waals surface area contributed by atoms with Gasteiger partial charge in [0.15, 0.2) is 6.10 Å². The molecule has 33 heavy (non-hydrogen) atoms. The fraction of sp³-hybridized carbons (Fsp3) is 0.789. The predicted octanol–water partition coefficient (Wildman–Crippen LogP) is -3.04. The second kappa shape index (κ2) is 15.8.